The quantitative estimate of drug-likeness (QED) is 0.699. The van der Waals surface area contributed by atoms with Gasteiger partial charge < -0.3 is 4.90 Å². The van der Waals surface area contributed by atoms with Gasteiger partial charge in [-0.1, -0.05) is 0 Å². The molecule has 0 radical (unpaired) electrons. The predicted octanol–water partition coefficient (Wildman–Crippen LogP) is 1.31. The van der Waals surface area contributed by atoms with Gasteiger partial charge in [0.05, 0.1) is 2.74 Å². The van der Waals surface area contributed by atoms with E-state index in [9.17, 15) is 0 Å². The minimum atomic E-state index is -3.02. The number of aromatic nitrogens is 2. The highest BCUT2D eigenvalue weighted by Crippen LogP contribution is 2.08. The molecule has 1 aromatic heterocycles. The van der Waals surface area contributed by atoms with Crippen molar-refractivity contribution in [1.29, 1.82) is 0 Å². The summed E-state index contributed by atoms with van der Waals surface area (Å²) in [5.41, 5.74) is 0. The van der Waals surface area contributed by atoms with E-state index in [1.807, 2.05) is 0 Å². The van der Waals surface area contributed by atoms with Crippen LogP contribution in [0, 0.1) is 0 Å². The molecule has 0 saturated carbocycles. The third-order valence-corrected chi connectivity index (χ3v) is 1.08. The molecule has 0 spiro atoms. The molecule has 0 bridgehead atoms. The van der Waals surface area contributed by atoms with E-state index in [-0.39, 0.29) is 9.50 Å². The monoisotopic (exact) mass is 209 g/mol. The minimum absolute atomic E-state index is 0.0276. The van der Waals surface area contributed by atoms with E-state index in [0.717, 1.165) is 0 Å². The third kappa shape index (κ3) is 1.67. The second kappa shape index (κ2) is 2.96. The van der Waals surface area contributed by atoms with Gasteiger partial charge in [0.1, 0.15) is 4.60 Å². The van der Waals surface area contributed by atoms with Gasteiger partial charge in [-0.2, -0.15) is 0 Å². The summed E-state index contributed by atoms with van der Waals surface area (Å²) in [6, 6.07) is -1.05. The van der Waals surface area contributed by atoms with Crippen LogP contribution in [-0.2, 0) is 0 Å². The predicted molar refractivity (Wildman–Crippen MR) is 44.1 cm³/mol. The molecule has 54 valence electrons. The van der Waals surface area contributed by atoms with Gasteiger partial charge in [-0.15, -0.1) is 10.2 Å². The minimum Gasteiger partial charge on any atom is -0.361 e. The summed E-state index contributed by atoms with van der Waals surface area (Å²) >= 11 is 2.85. The van der Waals surface area contributed by atoms with Crippen LogP contribution < -0.4 is 4.90 Å². The van der Waals surface area contributed by atoms with Gasteiger partial charge in [0.15, 0.2) is 5.82 Å². The average molecular weight is 210 g/mol. The van der Waals surface area contributed by atoms with E-state index in [1.165, 1.54) is 0 Å². The van der Waals surface area contributed by atoms with Crippen molar-refractivity contribution in [1.82, 2.24) is 10.2 Å². The van der Waals surface area contributed by atoms with Crippen LogP contribution in [0.1, 0.15) is 11.0 Å². The summed E-state index contributed by atoms with van der Waals surface area (Å²) in [5.74, 6) is -0.678. The highest BCUT2D eigenvalue weighted by molar-refractivity contribution is 9.10. The molecule has 0 amide bonds. The van der Waals surface area contributed by atoms with Gasteiger partial charge in [-0.05, 0) is 28.0 Å². The highest BCUT2D eigenvalue weighted by atomic mass is 79.9. The van der Waals surface area contributed by atoms with Crippen LogP contribution in [0.25, 0.3) is 0 Å². The van der Waals surface area contributed by atoms with Crippen molar-refractivity contribution in [3.05, 3.63) is 16.7 Å². The maximum atomic E-state index is 7.56. The van der Waals surface area contributed by atoms with Crippen LogP contribution in [-0.4, -0.2) is 24.1 Å². The van der Waals surface area contributed by atoms with Crippen molar-refractivity contribution in [3.63, 3.8) is 0 Å². The number of hydrogen-bond donors (Lipinski definition) is 0. The largest absolute Gasteiger partial charge is 0.361 e. The zero-order chi connectivity index (χ0) is 14.3. The van der Waals surface area contributed by atoms with Crippen molar-refractivity contribution < 1.29 is 11.0 Å². The smallest absolute Gasteiger partial charge is 0.150 e. The van der Waals surface area contributed by atoms with E-state index in [2.05, 4.69) is 26.1 Å². The molecule has 0 unspecified atom stereocenters. The summed E-state index contributed by atoms with van der Waals surface area (Å²) < 4.78 is 58.0. The van der Waals surface area contributed by atoms with Gasteiger partial charge >= 0.3 is 0 Å². The van der Waals surface area contributed by atoms with Crippen molar-refractivity contribution in [2.24, 2.45) is 0 Å². The number of hydrogen-bond acceptors (Lipinski definition) is 3. The van der Waals surface area contributed by atoms with Crippen molar-refractivity contribution in [2.75, 3.05) is 18.9 Å². The number of anilines is 1. The van der Waals surface area contributed by atoms with E-state index >= 15 is 0 Å². The molecule has 4 heteroatoms. The Kier molecular flexibility index (Phi) is 0.643. The maximum Gasteiger partial charge on any atom is 0.150 e. The van der Waals surface area contributed by atoms with Crippen LogP contribution in [0.5, 0.6) is 0 Å². The first-order valence-corrected chi connectivity index (χ1v) is 3.05. The van der Waals surface area contributed by atoms with Crippen LogP contribution in [0.15, 0.2) is 16.7 Å². The van der Waals surface area contributed by atoms with Gasteiger partial charge in [0, 0.05) is 22.2 Å². The molecular weight excluding hydrogens is 194 g/mol. The average Bonchev–Trinajstić information content (AvgIpc) is 2.15. The molecule has 10 heavy (non-hydrogen) atoms. The molecule has 0 fully saturated rings. The van der Waals surface area contributed by atoms with E-state index in [0.29, 0.717) is 0 Å². The Bertz CT molecular complexity index is 441. The van der Waals surface area contributed by atoms with Crippen LogP contribution in [0.4, 0.5) is 5.82 Å². The highest BCUT2D eigenvalue weighted by Gasteiger charge is 1.94. The van der Waals surface area contributed by atoms with Crippen molar-refractivity contribution in [3.8, 4) is 0 Å². The topological polar surface area (TPSA) is 29.0 Å². The molecular formula is C6H8BrN3. The van der Waals surface area contributed by atoms with Crippen LogP contribution in [0.3, 0.4) is 0 Å². The summed E-state index contributed by atoms with van der Waals surface area (Å²) in [6.45, 7) is -6.04. The molecule has 0 aromatic carbocycles. The van der Waals surface area contributed by atoms with Crippen LogP contribution in [0.2, 0.25) is 0 Å². The zero-order valence-corrected chi connectivity index (χ0v) is 6.31. The fraction of sp³-hybridized carbons (Fsp3) is 0.333. The zero-order valence-electron chi connectivity index (χ0n) is 12.7. The van der Waals surface area contributed by atoms with Gasteiger partial charge in [-0.25, -0.2) is 0 Å². The molecule has 0 aliphatic heterocycles. The van der Waals surface area contributed by atoms with E-state index in [4.69, 9.17) is 11.0 Å². The number of halogens is 1. The Hall–Kier alpha value is -0.640. The first-order chi connectivity index (χ1) is 7.96. The molecule has 0 atom stereocenters. The summed E-state index contributed by atoms with van der Waals surface area (Å²) in [7, 11) is 0. The molecule has 1 heterocycles. The first-order valence-electron chi connectivity index (χ1n) is 6.26. The van der Waals surface area contributed by atoms with E-state index < -0.39 is 31.9 Å². The Labute approximate surface area is 79.4 Å². The molecule has 3 nitrogen and oxygen atoms in total. The van der Waals surface area contributed by atoms with Gasteiger partial charge in [0.25, 0.3) is 0 Å². The molecule has 0 N–H and O–H groups in total. The van der Waals surface area contributed by atoms with Gasteiger partial charge in [0.2, 0.25) is 0 Å². The lowest BCUT2D eigenvalue weighted by molar-refractivity contribution is 0.949. The standard InChI is InChI=1S/C6H8BrN3/c1-10(2)6-4-3-5(7)8-9-6/h3-4H,1-2H3/i1D3,2D3,3D,4D. The lowest BCUT2D eigenvalue weighted by Crippen LogP contribution is -2.10. The molecule has 0 aliphatic carbocycles. The van der Waals surface area contributed by atoms with Crippen LogP contribution >= 0.6 is 15.9 Å². The molecule has 0 saturated heterocycles. The fourth-order valence-corrected chi connectivity index (χ4v) is 0.528. The normalized spacial score (nSPS) is 23.7. The number of nitrogens with zero attached hydrogens (tertiary/aromatic N) is 3. The lowest BCUT2D eigenvalue weighted by atomic mass is 10.5. The summed E-state index contributed by atoms with van der Waals surface area (Å²) in [4.78, 5) is 0.0276. The lowest BCUT2D eigenvalue weighted by Gasteiger charge is -2.08. The molecule has 1 aromatic rings. The summed E-state index contributed by atoms with van der Waals surface area (Å²) in [5, 5.41) is 6.78. The second-order valence-corrected chi connectivity index (χ2v) is 2.15. The summed E-state index contributed by atoms with van der Waals surface area (Å²) in [6.07, 6.45) is 0. The third-order valence-electron chi connectivity index (χ3n) is 0.722. The molecule has 0 aliphatic rings. The Morgan fingerprint density at radius 2 is 2.40 bits per heavy atom. The Morgan fingerprint density at radius 1 is 1.60 bits per heavy atom. The van der Waals surface area contributed by atoms with Crippen molar-refractivity contribution in [2.45, 2.75) is 0 Å². The Balaban J connectivity index is 3.46. The van der Waals surface area contributed by atoms with Gasteiger partial charge in [-0.3, -0.25) is 0 Å². The van der Waals surface area contributed by atoms with E-state index in [1.54, 1.807) is 0 Å². The number of rotatable bonds is 1. The molecule has 1 rings (SSSR count). The maximum absolute atomic E-state index is 7.56. The second-order valence-electron chi connectivity index (χ2n) is 1.40. The van der Waals surface area contributed by atoms with Crippen molar-refractivity contribution >= 4 is 21.7 Å². The fourth-order valence-electron chi connectivity index (χ4n) is 0.349. The first kappa shape index (κ1) is 2.17. The Morgan fingerprint density at radius 3 is 3.10 bits per heavy atom. The SMILES string of the molecule is [2H]c1c(Br)nnc(N(C([2H])([2H])[2H])C([2H])([2H])[2H])c1[2H].